The SMILES string of the molecule is COc1cc(N(C)C(=O)C2C3CCC(C3)C2N)cc(OC)c1OC.Cl. The third kappa shape index (κ3) is 3.25. The average molecular weight is 371 g/mol. The lowest BCUT2D eigenvalue weighted by Gasteiger charge is -2.31. The number of anilines is 1. The molecule has 2 saturated carbocycles. The molecule has 25 heavy (non-hydrogen) atoms. The highest BCUT2D eigenvalue weighted by atomic mass is 35.5. The summed E-state index contributed by atoms with van der Waals surface area (Å²) in [6, 6.07) is 3.55. The van der Waals surface area contributed by atoms with E-state index < -0.39 is 0 Å². The molecule has 2 N–H and O–H groups in total. The Bertz CT molecular complexity index is 612. The highest BCUT2D eigenvalue weighted by Gasteiger charge is 2.50. The van der Waals surface area contributed by atoms with Crippen LogP contribution in [-0.2, 0) is 4.79 Å². The molecule has 0 saturated heterocycles. The number of carbonyl (C=O) groups is 1. The first-order valence-electron chi connectivity index (χ1n) is 8.35. The van der Waals surface area contributed by atoms with Crippen molar-refractivity contribution in [1.29, 1.82) is 0 Å². The second-order valence-electron chi connectivity index (χ2n) is 6.72. The van der Waals surface area contributed by atoms with Crippen molar-refractivity contribution < 1.29 is 19.0 Å². The standard InChI is InChI=1S/C18H26N2O4.ClH/c1-20(18(21)15-10-5-6-11(7-10)16(15)19)12-8-13(22-2)17(24-4)14(9-12)23-3;/h8-11,15-16H,5-7,19H2,1-4H3;1H. The van der Waals surface area contributed by atoms with Gasteiger partial charge in [-0.05, 0) is 31.1 Å². The van der Waals surface area contributed by atoms with E-state index in [1.54, 1.807) is 45.4 Å². The van der Waals surface area contributed by atoms with Crippen LogP contribution in [0.1, 0.15) is 19.3 Å². The molecule has 0 radical (unpaired) electrons. The lowest BCUT2D eigenvalue weighted by Crippen LogP contribution is -2.46. The Hall–Kier alpha value is -1.66. The van der Waals surface area contributed by atoms with Crippen molar-refractivity contribution in [2.45, 2.75) is 25.3 Å². The number of ether oxygens (including phenoxy) is 3. The van der Waals surface area contributed by atoms with Gasteiger partial charge in [0.15, 0.2) is 11.5 Å². The van der Waals surface area contributed by atoms with Gasteiger partial charge in [-0.2, -0.15) is 0 Å². The first-order valence-corrected chi connectivity index (χ1v) is 8.35. The molecule has 4 unspecified atom stereocenters. The second kappa shape index (κ2) is 7.70. The fourth-order valence-electron chi connectivity index (χ4n) is 4.31. The number of rotatable bonds is 5. The zero-order valence-corrected chi connectivity index (χ0v) is 16.0. The Morgan fingerprint density at radius 2 is 1.64 bits per heavy atom. The minimum atomic E-state index is -0.0900. The molecule has 0 aromatic heterocycles. The predicted molar refractivity (Wildman–Crippen MR) is 99.1 cm³/mol. The van der Waals surface area contributed by atoms with Crippen LogP contribution in [0.4, 0.5) is 5.69 Å². The zero-order valence-electron chi connectivity index (χ0n) is 15.2. The maximum Gasteiger partial charge on any atom is 0.231 e. The van der Waals surface area contributed by atoms with Gasteiger partial charge < -0.3 is 24.8 Å². The minimum absolute atomic E-state index is 0. The molecule has 0 aliphatic heterocycles. The highest BCUT2D eigenvalue weighted by molar-refractivity contribution is 5.96. The van der Waals surface area contributed by atoms with Crippen LogP contribution >= 0.6 is 12.4 Å². The summed E-state index contributed by atoms with van der Waals surface area (Å²) in [5.41, 5.74) is 7.03. The average Bonchev–Trinajstić information content (AvgIpc) is 3.20. The number of hydrogen-bond donors (Lipinski definition) is 1. The quantitative estimate of drug-likeness (QED) is 0.861. The van der Waals surface area contributed by atoms with Crippen LogP contribution in [0.25, 0.3) is 0 Å². The van der Waals surface area contributed by atoms with Crippen molar-refractivity contribution in [2.24, 2.45) is 23.5 Å². The number of methoxy groups -OCH3 is 3. The first-order chi connectivity index (χ1) is 11.5. The monoisotopic (exact) mass is 370 g/mol. The summed E-state index contributed by atoms with van der Waals surface area (Å²) in [4.78, 5) is 14.7. The number of amides is 1. The number of hydrogen-bond acceptors (Lipinski definition) is 5. The van der Waals surface area contributed by atoms with Gasteiger partial charge in [0.1, 0.15) is 0 Å². The first kappa shape index (κ1) is 19.7. The topological polar surface area (TPSA) is 74.0 Å². The van der Waals surface area contributed by atoms with E-state index >= 15 is 0 Å². The fourth-order valence-corrected chi connectivity index (χ4v) is 4.31. The van der Waals surface area contributed by atoms with Crippen LogP contribution in [0.15, 0.2) is 12.1 Å². The fraction of sp³-hybridized carbons (Fsp3) is 0.611. The molecule has 6 nitrogen and oxygen atoms in total. The second-order valence-corrected chi connectivity index (χ2v) is 6.72. The van der Waals surface area contributed by atoms with Crippen molar-refractivity contribution >= 4 is 24.0 Å². The largest absolute Gasteiger partial charge is 0.493 e. The molecule has 2 fully saturated rings. The van der Waals surface area contributed by atoms with Crippen molar-refractivity contribution in [2.75, 3.05) is 33.3 Å². The molecule has 1 amide bonds. The normalized spacial score (nSPS) is 26.8. The summed E-state index contributed by atoms with van der Waals surface area (Å²) < 4.78 is 16.1. The predicted octanol–water partition coefficient (Wildman–Crippen LogP) is 2.47. The van der Waals surface area contributed by atoms with Crippen molar-refractivity contribution in [3.8, 4) is 17.2 Å². The molecule has 2 aliphatic carbocycles. The van der Waals surface area contributed by atoms with E-state index in [1.165, 1.54) is 0 Å². The molecule has 3 rings (SSSR count). The van der Waals surface area contributed by atoms with E-state index in [0.29, 0.717) is 34.8 Å². The van der Waals surface area contributed by atoms with Gasteiger partial charge in [0.05, 0.1) is 32.9 Å². The highest BCUT2D eigenvalue weighted by Crippen LogP contribution is 2.49. The van der Waals surface area contributed by atoms with Crippen LogP contribution < -0.4 is 24.8 Å². The Morgan fingerprint density at radius 3 is 2.08 bits per heavy atom. The number of fused-ring (bicyclic) bond motifs is 2. The van der Waals surface area contributed by atoms with E-state index in [-0.39, 0.29) is 30.3 Å². The molecule has 2 bridgehead atoms. The third-order valence-electron chi connectivity index (χ3n) is 5.63. The maximum absolute atomic E-state index is 13.0. The summed E-state index contributed by atoms with van der Waals surface area (Å²) in [6.45, 7) is 0. The van der Waals surface area contributed by atoms with Gasteiger partial charge in [0.25, 0.3) is 0 Å². The number of halogens is 1. The molecular weight excluding hydrogens is 344 g/mol. The van der Waals surface area contributed by atoms with Crippen molar-refractivity contribution in [3.63, 3.8) is 0 Å². The van der Waals surface area contributed by atoms with E-state index in [0.717, 1.165) is 19.3 Å². The van der Waals surface area contributed by atoms with Gasteiger partial charge in [-0.15, -0.1) is 12.4 Å². The molecule has 0 heterocycles. The summed E-state index contributed by atoms with van der Waals surface area (Å²) in [5.74, 6) is 2.48. The molecule has 7 heteroatoms. The molecule has 2 aliphatic rings. The molecular formula is C18H27ClN2O4. The number of benzene rings is 1. The molecule has 1 aromatic rings. The van der Waals surface area contributed by atoms with Crippen molar-refractivity contribution in [1.82, 2.24) is 0 Å². The van der Waals surface area contributed by atoms with Crippen LogP contribution in [0.3, 0.4) is 0 Å². The van der Waals surface area contributed by atoms with E-state index in [4.69, 9.17) is 19.9 Å². The van der Waals surface area contributed by atoms with Gasteiger partial charge in [0.2, 0.25) is 11.7 Å². The van der Waals surface area contributed by atoms with E-state index in [1.807, 2.05) is 0 Å². The smallest absolute Gasteiger partial charge is 0.231 e. The zero-order chi connectivity index (χ0) is 17.4. The minimum Gasteiger partial charge on any atom is -0.493 e. The van der Waals surface area contributed by atoms with Crippen LogP contribution in [0, 0.1) is 17.8 Å². The summed E-state index contributed by atoms with van der Waals surface area (Å²) in [6.07, 6.45) is 3.35. The molecule has 1 aromatic carbocycles. The van der Waals surface area contributed by atoms with E-state index in [2.05, 4.69) is 0 Å². The van der Waals surface area contributed by atoms with Gasteiger partial charge >= 0.3 is 0 Å². The Morgan fingerprint density at radius 1 is 1.08 bits per heavy atom. The van der Waals surface area contributed by atoms with Crippen LogP contribution in [0.5, 0.6) is 17.2 Å². The van der Waals surface area contributed by atoms with E-state index in [9.17, 15) is 4.79 Å². The number of nitrogens with zero attached hydrogens (tertiary/aromatic N) is 1. The Labute approximate surface area is 155 Å². The van der Waals surface area contributed by atoms with Crippen LogP contribution in [0.2, 0.25) is 0 Å². The Kier molecular flexibility index (Phi) is 6.06. The number of carbonyl (C=O) groups excluding carboxylic acids is 1. The summed E-state index contributed by atoms with van der Waals surface area (Å²) in [7, 11) is 6.47. The lowest BCUT2D eigenvalue weighted by molar-refractivity contribution is -0.124. The van der Waals surface area contributed by atoms with Gasteiger partial charge in [-0.3, -0.25) is 4.79 Å². The van der Waals surface area contributed by atoms with Crippen molar-refractivity contribution in [3.05, 3.63) is 12.1 Å². The number of nitrogens with two attached hydrogens (primary N) is 1. The van der Waals surface area contributed by atoms with Gasteiger partial charge in [0, 0.05) is 25.2 Å². The van der Waals surface area contributed by atoms with Gasteiger partial charge in [-0.1, -0.05) is 0 Å². The summed E-state index contributed by atoms with van der Waals surface area (Å²) in [5, 5.41) is 0. The van der Waals surface area contributed by atoms with Crippen LogP contribution in [-0.4, -0.2) is 40.3 Å². The third-order valence-corrected chi connectivity index (χ3v) is 5.63. The molecule has 140 valence electrons. The molecule has 0 spiro atoms. The Balaban J connectivity index is 0.00000225. The van der Waals surface area contributed by atoms with Gasteiger partial charge in [-0.25, -0.2) is 0 Å². The summed E-state index contributed by atoms with van der Waals surface area (Å²) >= 11 is 0. The maximum atomic E-state index is 13.0. The molecule has 4 atom stereocenters. The lowest BCUT2D eigenvalue weighted by atomic mass is 9.84.